The highest BCUT2D eigenvalue weighted by molar-refractivity contribution is 5.79. The highest BCUT2D eigenvalue weighted by Crippen LogP contribution is 2.12. The van der Waals surface area contributed by atoms with E-state index in [0.717, 1.165) is 0 Å². The average Bonchev–Trinajstić information content (AvgIpc) is 1.80. The molecule has 0 aliphatic rings. The molecule has 0 aliphatic heterocycles. The van der Waals surface area contributed by atoms with Crippen LogP contribution in [0.5, 0.6) is 0 Å². The largest absolute Gasteiger partial charge is 0.481 e. The van der Waals surface area contributed by atoms with E-state index in [1.165, 1.54) is 0 Å². The molecule has 0 rings (SSSR count). The number of hydrogen-bond donors (Lipinski definition) is 1. The Bertz CT molecular complexity index is 185. The van der Waals surface area contributed by atoms with Crippen LogP contribution in [0.25, 0.3) is 0 Å². The summed E-state index contributed by atoms with van der Waals surface area (Å²) in [7, 11) is 0. The van der Waals surface area contributed by atoms with Gasteiger partial charge < -0.3 is 5.11 Å². The summed E-state index contributed by atoms with van der Waals surface area (Å²) in [6.07, 6.45) is 1.04. The van der Waals surface area contributed by atoms with E-state index in [0.29, 0.717) is 18.8 Å². The molecule has 0 amide bonds. The lowest BCUT2D eigenvalue weighted by Gasteiger charge is -2.08. The Balaban J connectivity index is 3.71. The fourth-order valence-corrected chi connectivity index (χ4v) is 1.30. The lowest BCUT2D eigenvalue weighted by atomic mass is 9.96. The van der Waals surface area contributed by atoms with E-state index >= 15 is 0 Å². The lowest BCUT2D eigenvalue weighted by Crippen LogP contribution is -2.11. The molecule has 0 fully saturated rings. The number of aliphatic carboxylic acids is 1. The summed E-state index contributed by atoms with van der Waals surface area (Å²) < 4.78 is 0. The predicted molar refractivity (Wildman–Crippen MR) is 50.5 cm³/mol. The van der Waals surface area contributed by atoms with Crippen LogP contribution >= 0.6 is 0 Å². The highest BCUT2D eigenvalue weighted by Gasteiger charge is 2.13. The third-order valence-corrected chi connectivity index (χ3v) is 1.74. The quantitative estimate of drug-likeness (QED) is 0.691. The Morgan fingerprint density at radius 1 is 1.08 bits per heavy atom. The minimum atomic E-state index is -0.829. The first kappa shape index (κ1) is 12.1. The molecule has 0 bridgehead atoms. The number of rotatable bonds is 6. The molecule has 13 heavy (non-hydrogen) atoms. The number of carboxylic acids is 1. The van der Waals surface area contributed by atoms with Crippen molar-refractivity contribution in [3.8, 4) is 0 Å². The van der Waals surface area contributed by atoms with Gasteiger partial charge >= 0.3 is 5.97 Å². The zero-order valence-corrected chi connectivity index (χ0v) is 8.54. The van der Waals surface area contributed by atoms with Gasteiger partial charge in [0.1, 0.15) is 5.78 Å². The maximum absolute atomic E-state index is 11.3. The summed E-state index contributed by atoms with van der Waals surface area (Å²) in [6, 6.07) is 0. The monoisotopic (exact) mass is 186 g/mol. The zero-order chi connectivity index (χ0) is 10.4. The summed E-state index contributed by atoms with van der Waals surface area (Å²) in [5.74, 6) is -0.332. The first-order chi connectivity index (χ1) is 5.91. The second-order valence-electron chi connectivity index (χ2n) is 4.04. The average molecular weight is 186 g/mol. The summed E-state index contributed by atoms with van der Waals surface area (Å²) in [4.78, 5) is 21.6. The van der Waals surface area contributed by atoms with Crippen LogP contribution in [0.4, 0.5) is 0 Å². The topological polar surface area (TPSA) is 54.4 Å². The van der Waals surface area contributed by atoms with Crippen molar-refractivity contribution in [2.45, 2.75) is 40.0 Å². The molecule has 76 valence electrons. The normalized spacial score (nSPS) is 12.9. The molecule has 0 saturated carbocycles. The van der Waals surface area contributed by atoms with Crippen LogP contribution in [0.15, 0.2) is 0 Å². The molecule has 0 aromatic carbocycles. The van der Waals surface area contributed by atoms with Crippen LogP contribution in [0, 0.1) is 11.8 Å². The molecule has 3 nitrogen and oxygen atoms in total. The Labute approximate surface area is 79.1 Å². The summed E-state index contributed by atoms with van der Waals surface area (Å²) >= 11 is 0. The zero-order valence-electron chi connectivity index (χ0n) is 8.54. The van der Waals surface area contributed by atoms with E-state index in [1.807, 2.05) is 13.8 Å². The van der Waals surface area contributed by atoms with E-state index in [1.54, 1.807) is 6.92 Å². The van der Waals surface area contributed by atoms with E-state index in [2.05, 4.69) is 0 Å². The molecule has 0 spiro atoms. The van der Waals surface area contributed by atoms with Crippen LogP contribution < -0.4 is 0 Å². The van der Waals surface area contributed by atoms with Gasteiger partial charge in [-0.1, -0.05) is 20.8 Å². The molecule has 0 radical (unpaired) electrons. The van der Waals surface area contributed by atoms with Gasteiger partial charge in [0.2, 0.25) is 0 Å². The van der Waals surface area contributed by atoms with Crippen LogP contribution in [-0.4, -0.2) is 16.9 Å². The molecule has 0 heterocycles. The van der Waals surface area contributed by atoms with Crippen molar-refractivity contribution in [2.24, 2.45) is 11.8 Å². The van der Waals surface area contributed by atoms with E-state index < -0.39 is 5.97 Å². The summed E-state index contributed by atoms with van der Waals surface area (Å²) in [6.45, 7) is 5.77. The SMILES string of the molecule is CC(C)CC(=O)CC(C)CC(=O)O. The maximum atomic E-state index is 11.3. The van der Waals surface area contributed by atoms with Crippen molar-refractivity contribution >= 4 is 11.8 Å². The molecule has 1 atom stereocenters. The predicted octanol–water partition coefficient (Wildman–Crippen LogP) is 2.10. The number of Topliss-reactive ketones (excluding diaryl/α,β-unsaturated/α-hetero) is 1. The summed E-state index contributed by atoms with van der Waals surface area (Å²) in [5, 5.41) is 8.47. The smallest absolute Gasteiger partial charge is 0.303 e. The molecule has 1 N–H and O–H groups in total. The number of carboxylic acid groups (broad SMARTS) is 1. The van der Waals surface area contributed by atoms with Crippen LogP contribution in [0.3, 0.4) is 0 Å². The van der Waals surface area contributed by atoms with E-state index in [4.69, 9.17) is 5.11 Å². The number of ketones is 1. The van der Waals surface area contributed by atoms with Gasteiger partial charge in [-0.3, -0.25) is 9.59 Å². The highest BCUT2D eigenvalue weighted by atomic mass is 16.4. The van der Waals surface area contributed by atoms with Gasteiger partial charge in [-0.05, 0) is 11.8 Å². The van der Waals surface area contributed by atoms with Crippen molar-refractivity contribution in [1.29, 1.82) is 0 Å². The molecule has 0 aromatic heterocycles. The van der Waals surface area contributed by atoms with Crippen molar-refractivity contribution in [3.63, 3.8) is 0 Å². The molecule has 1 unspecified atom stereocenters. The van der Waals surface area contributed by atoms with Gasteiger partial charge in [0.05, 0.1) is 0 Å². The van der Waals surface area contributed by atoms with Crippen molar-refractivity contribution in [2.75, 3.05) is 0 Å². The molecule has 0 aliphatic carbocycles. The van der Waals surface area contributed by atoms with Crippen LogP contribution in [-0.2, 0) is 9.59 Å². The Morgan fingerprint density at radius 2 is 1.62 bits per heavy atom. The van der Waals surface area contributed by atoms with Crippen LogP contribution in [0.2, 0.25) is 0 Å². The van der Waals surface area contributed by atoms with E-state index in [9.17, 15) is 9.59 Å². The standard InChI is InChI=1S/C10H18O3/c1-7(2)4-9(11)5-8(3)6-10(12)13/h7-8H,4-6H2,1-3H3,(H,12,13). The minimum Gasteiger partial charge on any atom is -0.481 e. The molecule has 0 aromatic rings. The molecule has 0 saturated heterocycles. The van der Waals surface area contributed by atoms with Gasteiger partial charge in [0.15, 0.2) is 0 Å². The fraction of sp³-hybridized carbons (Fsp3) is 0.800. The summed E-state index contributed by atoms with van der Waals surface area (Å²) in [5.41, 5.74) is 0. The number of carbonyl (C=O) groups excluding carboxylic acids is 1. The van der Waals surface area contributed by atoms with E-state index in [-0.39, 0.29) is 18.1 Å². The maximum Gasteiger partial charge on any atom is 0.303 e. The van der Waals surface area contributed by atoms with Gasteiger partial charge in [0.25, 0.3) is 0 Å². The third-order valence-electron chi connectivity index (χ3n) is 1.74. The number of hydrogen-bond acceptors (Lipinski definition) is 2. The Hall–Kier alpha value is -0.860. The first-order valence-electron chi connectivity index (χ1n) is 4.65. The number of carbonyl (C=O) groups is 2. The molecular formula is C10H18O3. The lowest BCUT2D eigenvalue weighted by molar-refractivity contribution is -0.138. The second-order valence-corrected chi connectivity index (χ2v) is 4.04. The Kier molecular flexibility index (Phi) is 5.35. The van der Waals surface area contributed by atoms with Crippen molar-refractivity contribution in [1.82, 2.24) is 0 Å². The van der Waals surface area contributed by atoms with Gasteiger partial charge in [-0.15, -0.1) is 0 Å². The molecular weight excluding hydrogens is 168 g/mol. The van der Waals surface area contributed by atoms with Crippen molar-refractivity contribution < 1.29 is 14.7 Å². The fourth-order valence-electron chi connectivity index (χ4n) is 1.30. The van der Waals surface area contributed by atoms with Gasteiger partial charge in [0, 0.05) is 19.3 Å². The Morgan fingerprint density at radius 3 is 2.00 bits per heavy atom. The van der Waals surface area contributed by atoms with Crippen molar-refractivity contribution in [3.05, 3.63) is 0 Å². The molecule has 3 heteroatoms. The third kappa shape index (κ3) is 7.50. The van der Waals surface area contributed by atoms with Gasteiger partial charge in [-0.2, -0.15) is 0 Å². The minimum absolute atomic E-state index is 0.0382. The van der Waals surface area contributed by atoms with Crippen LogP contribution in [0.1, 0.15) is 40.0 Å². The second kappa shape index (κ2) is 5.73. The first-order valence-corrected chi connectivity index (χ1v) is 4.65. The van der Waals surface area contributed by atoms with Gasteiger partial charge in [-0.25, -0.2) is 0 Å².